The second-order valence-electron chi connectivity index (χ2n) is 1.47. The smallest absolute Gasteiger partial charge is 0.450 e. The maximum absolute atomic E-state index is 10.0. The Balaban J connectivity index is 0.000000180. The number of carbonyl (C=O) groups is 2. The van der Waals surface area contributed by atoms with E-state index in [4.69, 9.17) is 15.0 Å². The highest BCUT2D eigenvalue weighted by Gasteiger charge is 2.02. The summed E-state index contributed by atoms with van der Waals surface area (Å²) in [5, 5.41) is 19.1. The van der Waals surface area contributed by atoms with Crippen LogP contribution in [0.25, 0.3) is 0 Å². The average Bonchev–Trinajstić information content (AvgIpc) is 2.15. The Kier molecular flexibility index (Phi) is 3.78. The first kappa shape index (κ1) is 8.54. The Morgan fingerprint density at radius 2 is 1.60 bits per heavy atom. The van der Waals surface area contributed by atoms with E-state index in [-0.39, 0.29) is 6.03 Å². The third kappa shape index (κ3) is 6.54. The van der Waals surface area contributed by atoms with Crippen molar-refractivity contribution in [1.82, 2.24) is 10.6 Å². The van der Waals surface area contributed by atoms with Gasteiger partial charge < -0.3 is 20.8 Å². The summed E-state index contributed by atoms with van der Waals surface area (Å²) in [5.41, 5.74) is 0. The lowest BCUT2D eigenvalue weighted by Crippen LogP contribution is -2.20. The van der Waals surface area contributed by atoms with Gasteiger partial charge in [0.05, 0.1) is 0 Å². The van der Waals surface area contributed by atoms with Gasteiger partial charge in [-0.05, 0) is 0 Å². The van der Waals surface area contributed by atoms with Crippen LogP contribution in [-0.4, -0.2) is 35.5 Å². The van der Waals surface area contributed by atoms with Crippen LogP contribution in [0.2, 0.25) is 0 Å². The molecule has 4 N–H and O–H groups in total. The van der Waals surface area contributed by atoms with Crippen molar-refractivity contribution < 1.29 is 19.8 Å². The van der Waals surface area contributed by atoms with Crippen LogP contribution in [0.1, 0.15) is 0 Å². The van der Waals surface area contributed by atoms with Gasteiger partial charge in [-0.2, -0.15) is 0 Å². The third-order valence-corrected chi connectivity index (χ3v) is 0.696. The first-order valence-corrected chi connectivity index (χ1v) is 2.56. The molecule has 2 amide bonds. The zero-order valence-corrected chi connectivity index (χ0v) is 5.13. The van der Waals surface area contributed by atoms with Crippen LogP contribution in [0.3, 0.4) is 0 Å². The fraction of sp³-hybridized carbons (Fsp3) is 0.500. The van der Waals surface area contributed by atoms with E-state index in [2.05, 4.69) is 10.6 Å². The lowest BCUT2D eigenvalue weighted by atomic mass is 10.7. The van der Waals surface area contributed by atoms with Gasteiger partial charge in [0.2, 0.25) is 0 Å². The summed E-state index contributed by atoms with van der Waals surface area (Å²) in [4.78, 5) is 18.6. The van der Waals surface area contributed by atoms with Crippen LogP contribution in [0, 0.1) is 0 Å². The van der Waals surface area contributed by atoms with Crippen molar-refractivity contribution >= 4 is 12.2 Å². The van der Waals surface area contributed by atoms with Crippen molar-refractivity contribution in [2.24, 2.45) is 0 Å². The summed E-state index contributed by atoms with van der Waals surface area (Å²) < 4.78 is 0. The summed E-state index contributed by atoms with van der Waals surface area (Å²) in [5.74, 6) is 0. The van der Waals surface area contributed by atoms with Crippen LogP contribution < -0.4 is 10.6 Å². The molecule has 1 fully saturated rings. The van der Waals surface area contributed by atoms with Gasteiger partial charge in [-0.1, -0.05) is 0 Å². The first-order valence-electron chi connectivity index (χ1n) is 2.56. The van der Waals surface area contributed by atoms with Gasteiger partial charge in [0.15, 0.2) is 0 Å². The number of rotatable bonds is 0. The molecule has 1 aliphatic rings. The number of carbonyl (C=O) groups excluding carboxylic acids is 1. The summed E-state index contributed by atoms with van der Waals surface area (Å²) in [7, 11) is 0. The number of amides is 2. The zero-order chi connectivity index (χ0) is 7.98. The molecule has 0 aromatic heterocycles. The van der Waals surface area contributed by atoms with E-state index >= 15 is 0 Å². The standard InChI is InChI=1S/C3H6N2O.CH2O3/c6-3-4-1-2-5-3;2-1(3)4/h1-2H2,(H2,4,5,6);(H2,2,3,4). The fourth-order valence-electron chi connectivity index (χ4n) is 0.415. The molecule has 6 nitrogen and oxygen atoms in total. The van der Waals surface area contributed by atoms with E-state index in [1.54, 1.807) is 0 Å². The van der Waals surface area contributed by atoms with Crippen molar-refractivity contribution in [3.8, 4) is 0 Å². The van der Waals surface area contributed by atoms with E-state index in [0.29, 0.717) is 0 Å². The van der Waals surface area contributed by atoms with Crippen molar-refractivity contribution in [3.05, 3.63) is 0 Å². The molecule has 1 rings (SSSR count). The van der Waals surface area contributed by atoms with E-state index in [9.17, 15) is 4.79 Å². The molecule has 10 heavy (non-hydrogen) atoms. The largest absolute Gasteiger partial charge is 0.503 e. The van der Waals surface area contributed by atoms with Crippen LogP contribution in [0.4, 0.5) is 9.59 Å². The summed E-state index contributed by atoms with van der Waals surface area (Å²) in [6, 6.07) is -0.0463. The van der Waals surface area contributed by atoms with Crippen LogP contribution in [-0.2, 0) is 0 Å². The van der Waals surface area contributed by atoms with E-state index in [1.165, 1.54) is 0 Å². The van der Waals surface area contributed by atoms with Crippen molar-refractivity contribution in [2.75, 3.05) is 13.1 Å². The number of hydrogen-bond acceptors (Lipinski definition) is 2. The Morgan fingerprint density at radius 3 is 1.70 bits per heavy atom. The molecule has 0 atom stereocenters. The van der Waals surface area contributed by atoms with E-state index in [0.717, 1.165) is 13.1 Å². The molecule has 0 radical (unpaired) electrons. The predicted molar refractivity (Wildman–Crippen MR) is 32.1 cm³/mol. The SMILES string of the molecule is O=C(O)O.O=C1NCCN1. The Bertz CT molecular complexity index is 123. The maximum Gasteiger partial charge on any atom is 0.503 e. The average molecular weight is 148 g/mol. The monoisotopic (exact) mass is 148 g/mol. The zero-order valence-electron chi connectivity index (χ0n) is 5.13. The molecule has 1 saturated heterocycles. The molecule has 0 aliphatic carbocycles. The maximum atomic E-state index is 10.0. The molecular formula is C4H8N2O4. The molecule has 0 unspecified atom stereocenters. The number of nitrogens with one attached hydrogen (secondary N) is 2. The van der Waals surface area contributed by atoms with E-state index < -0.39 is 6.16 Å². The van der Waals surface area contributed by atoms with Gasteiger partial charge in [-0.25, -0.2) is 9.59 Å². The topological polar surface area (TPSA) is 98.7 Å². The van der Waals surface area contributed by atoms with E-state index in [1.807, 2.05) is 0 Å². The molecule has 0 bridgehead atoms. The van der Waals surface area contributed by atoms with Gasteiger partial charge in [0, 0.05) is 13.1 Å². The summed E-state index contributed by atoms with van der Waals surface area (Å²) in [6.07, 6.45) is -1.83. The van der Waals surface area contributed by atoms with Crippen LogP contribution in [0.15, 0.2) is 0 Å². The van der Waals surface area contributed by atoms with Gasteiger partial charge in [-0.15, -0.1) is 0 Å². The molecule has 0 saturated carbocycles. The first-order chi connectivity index (χ1) is 4.63. The molecule has 58 valence electrons. The van der Waals surface area contributed by atoms with Crippen molar-refractivity contribution in [1.29, 1.82) is 0 Å². The second-order valence-corrected chi connectivity index (χ2v) is 1.47. The molecular weight excluding hydrogens is 140 g/mol. The van der Waals surface area contributed by atoms with Gasteiger partial charge in [0.1, 0.15) is 0 Å². The number of urea groups is 1. The quantitative estimate of drug-likeness (QED) is 0.373. The fourth-order valence-corrected chi connectivity index (χ4v) is 0.415. The van der Waals surface area contributed by atoms with Crippen molar-refractivity contribution in [2.45, 2.75) is 0 Å². The molecule has 0 aromatic rings. The van der Waals surface area contributed by atoms with Crippen LogP contribution in [0.5, 0.6) is 0 Å². The molecule has 0 spiro atoms. The lowest BCUT2D eigenvalue weighted by Gasteiger charge is -1.80. The minimum Gasteiger partial charge on any atom is -0.450 e. The number of hydrogen-bond donors (Lipinski definition) is 4. The highest BCUT2D eigenvalue weighted by molar-refractivity contribution is 5.75. The Morgan fingerprint density at radius 1 is 1.30 bits per heavy atom. The van der Waals surface area contributed by atoms with Gasteiger partial charge >= 0.3 is 12.2 Å². The van der Waals surface area contributed by atoms with Gasteiger partial charge in [-0.3, -0.25) is 0 Å². The highest BCUT2D eigenvalue weighted by Crippen LogP contribution is 1.69. The second kappa shape index (κ2) is 4.42. The van der Waals surface area contributed by atoms with Crippen LogP contribution >= 0.6 is 0 Å². The minimum atomic E-state index is -1.83. The molecule has 1 aliphatic heterocycles. The normalized spacial score (nSPS) is 14.2. The lowest BCUT2D eigenvalue weighted by molar-refractivity contribution is 0.137. The predicted octanol–water partition coefficient (Wildman–Crippen LogP) is -0.478. The molecule has 6 heteroatoms. The Hall–Kier alpha value is -1.46. The highest BCUT2D eigenvalue weighted by atomic mass is 16.6. The molecule has 0 aromatic carbocycles. The Labute approximate surface area is 56.8 Å². The van der Waals surface area contributed by atoms with Gasteiger partial charge in [0.25, 0.3) is 0 Å². The van der Waals surface area contributed by atoms with Crippen molar-refractivity contribution in [3.63, 3.8) is 0 Å². The third-order valence-electron chi connectivity index (χ3n) is 0.696. The minimum absolute atomic E-state index is 0.0463. The molecule has 1 heterocycles. The summed E-state index contributed by atoms with van der Waals surface area (Å²) in [6.45, 7) is 1.55. The summed E-state index contributed by atoms with van der Waals surface area (Å²) >= 11 is 0. The number of carboxylic acid groups (broad SMARTS) is 2.